The molecule has 122 valence electrons. The molecule has 1 saturated heterocycles. The van der Waals surface area contributed by atoms with Crippen LogP contribution in [0.2, 0.25) is 0 Å². The lowest BCUT2D eigenvalue weighted by Gasteiger charge is -2.29. The van der Waals surface area contributed by atoms with Crippen molar-refractivity contribution in [2.24, 2.45) is 0 Å². The average Bonchev–Trinajstić information content (AvgIpc) is 3.09. The second kappa shape index (κ2) is 7.64. The van der Waals surface area contributed by atoms with Crippen molar-refractivity contribution in [3.05, 3.63) is 65.7 Å². The molecule has 0 aliphatic carbocycles. The van der Waals surface area contributed by atoms with E-state index in [2.05, 4.69) is 16.9 Å². The third kappa shape index (κ3) is 4.13. The van der Waals surface area contributed by atoms with Crippen LogP contribution < -0.4 is 0 Å². The number of pyridine rings is 1. The molecule has 1 aliphatic heterocycles. The summed E-state index contributed by atoms with van der Waals surface area (Å²) in [6.07, 6.45) is 4.28. The lowest BCUT2D eigenvalue weighted by atomic mass is 9.98. The van der Waals surface area contributed by atoms with Gasteiger partial charge in [-0.2, -0.15) is 0 Å². The van der Waals surface area contributed by atoms with Crippen LogP contribution >= 0.6 is 0 Å². The van der Waals surface area contributed by atoms with E-state index in [1.54, 1.807) is 6.20 Å². The van der Waals surface area contributed by atoms with Gasteiger partial charge in [-0.3, -0.25) is 9.88 Å². The van der Waals surface area contributed by atoms with Gasteiger partial charge in [0, 0.05) is 25.4 Å². The quantitative estimate of drug-likeness (QED) is 0.820. The summed E-state index contributed by atoms with van der Waals surface area (Å²) in [5.74, 6) is -0.228. The lowest BCUT2D eigenvalue weighted by Crippen LogP contribution is -2.29. The van der Waals surface area contributed by atoms with E-state index in [0.717, 1.165) is 24.1 Å². The zero-order valence-electron chi connectivity index (χ0n) is 13.2. The molecule has 23 heavy (non-hydrogen) atoms. The third-order valence-corrected chi connectivity index (χ3v) is 4.03. The fourth-order valence-corrected chi connectivity index (χ4v) is 2.90. The second-order valence-electron chi connectivity index (χ2n) is 5.68. The van der Waals surface area contributed by atoms with Crippen molar-refractivity contribution in [2.75, 3.05) is 26.8 Å². The van der Waals surface area contributed by atoms with Crippen molar-refractivity contribution in [3.63, 3.8) is 0 Å². The number of nitrogens with zero attached hydrogens (tertiary/aromatic N) is 2. The predicted octanol–water partition coefficient (Wildman–Crippen LogP) is 3.00. The number of hydrogen-bond donors (Lipinski definition) is 0. The summed E-state index contributed by atoms with van der Waals surface area (Å²) in [7, 11) is 2.05. The summed E-state index contributed by atoms with van der Waals surface area (Å²) < 4.78 is 24.2. The summed E-state index contributed by atoms with van der Waals surface area (Å²) in [6.45, 7) is 2.14. The van der Waals surface area contributed by atoms with Crippen LogP contribution in [0.3, 0.4) is 0 Å². The van der Waals surface area contributed by atoms with E-state index in [0.29, 0.717) is 13.2 Å². The van der Waals surface area contributed by atoms with Gasteiger partial charge < -0.3 is 9.47 Å². The van der Waals surface area contributed by atoms with E-state index in [9.17, 15) is 4.39 Å². The number of aromatic nitrogens is 1. The van der Waals surface area contributed by atoms with Crippen LogP contribution in [0.25, 0.3) is 0 Å². The lowest BCUT2D eigenvalue weighted by molar-refractivity contribution is -0.0515. The molecule has 5 heteroatoms. The molecule has 1 aromatic heterocycles. The average molecular weight is 316 g/mol. The number of ether oxygens (including phenoxy) is 2. The molecular formula is C18H21FN2O2. The Kier molecular flexibility index (Phi) is 5.33. The molecule has 1 aromatic carbocycles. The molecule has 2 heterocycles. The standard InChI is InChI=1S/C18H21FN2O2/c1-21(10-8-17-22-11-12-23-17)18(15-3-2-9-20-13-15)14-4-6-16(19)7-5-14/h2-7,9,13,17-18H,8,10-12H2,1H3/t18-/m0/s1. The number of rotatable bonds is 6. The van der Waals surface area contributed by atoms with Crippen LogP contribution in [0, 0.1) is 5.82 Å². The Morgan fingerprint density at radius 1 is 1.17 bits per heavy atom. The van der Waals surface area contributed by atoms with E-state index in [-0.39, 0.29) is 18.1 Å². The molecule has 0 bridgehead atoms. The summed E-state index contributed by atoms with van der Waals surface area (Å²) in [5.41, 5.74) is 2.12. The van der Waals surface area contributed by atoms with Gasteiger partial charge >= 0.3 is 0 Å². The fraction of sp³-hybridized carbons (Fsp3) is 0.389. The molecule has 0 unspecified atom stereocenters. The Balaban J connectivity index is 1.78. The molecule has 0 radical (unpaired) electrons. The molecule has 1 fully saturated rings. The first kappa shape index (κ1) is 16.1. The molecule has 1 aliphatic rings. The molecular weight excluding hydrogens is 295 g/mol. The van der Waals surface area contributed by atoms with Crippen molar-refractivity contribution in [2.45, 2.75) is 18.8 Å². The topological polar surface area (TPSA) is 34.6 Å². The van der Waals surface area contributed by atoms with Gasteiger partial charge in [-0.25, -0.2) is 4.39 Å². The highest BCUT2D eigenvalue weighted by molar-refractivity contribution is 5.30. The zero-order valence-corrected chi connectivity index (χ0v) is 13.2. The van der Waals surface area contributed by atoms with Gasteiger partial charge in [0.1, 0.15) is 5.82 Å². The Bertz CT molecular complexity index is 600. The van der Waals surface area contributed by atoms with E-state index < -0.39 is 0 Å². The Hall–Kier alpha value is -1.82. The van der Waals surface area contributed by atoms with Gasteiger partial charge in [0.2, 0.25) is 0 Å². The monoisotopic (exact) mass is 316 g/mol. The Morgan fingerprint density at radius 2 is 1.91 bits per heavy atom. The number of halogens is 1. The SMILES string of the molecule is CN(CCC1OCCO1)[C@@H](c1ccc(F)cc1)c1cccnc1. The highest BCUT2D eigenvalue weighted by atomic mass is 19.1. The van der Waals surface area contributed by atoms with Crippen LogP contribution in [-0.4, -0.2) is 43.0 Å². The van der Waals surface area contributed by atoms with Crippen LogP contribution in [0.5, 0.6) is 0 Å². The number of benzene rings is 1. The van der Waals surface area contributed by atoms with Gasteiger partial charge in [-0.05, 0) is 36.4 Å². The van der Waals surface area contributed by atoms with Crippen molar-refractivity contribution in [1.82, 2.24) is 9.88 Å². The maximum Gasteiger partial charge on any atom is 0.159 e. The molecule has 0 spiro atoms. The third-order valence-electron chi connectivity index (χ3n) is 4.03. The summed E-state index contributed by atoms with van der Waals surface area (Å²) >= 11 is 0. The minimum Gasteiger partial charge on any atom is -0.350 e. The van der Waals surface area contributed by atoms with E-state index in [1.165, 1.54) is 12.1 Å². The van der Waals surface area contributed by atoms with Crippen molar-refractivity contribution in [1.29, 1.82) is 0 Å². The van der Waals surface area contributed by atoms with Crippen LogP contribution in [-0.2, 0) is 9.47 Å². The minimum absolute atomic E-state index is 0.0192. The van der Waals surface area contributed by atoms with Gasteiger partial charge in [0.05, 0.1) is 19.3 Å². The maximum absolute atomic E-state index is 13.2. The molecule has 0 saturated carbocycles. The Morgan fingerprint density at radius 3 is 2.57 bits per heavy atom. The van der Waals surface area contributed by atoms with Gasteiger partial charge in [-0.1, -0.05) is 18.2 Å². The first-order valence-electron chi connectivity index (χ1n) is 7.83. The molecule has 0 amide bonds. The van der Waals surface area contributed by atoms with E-state index in [1.807, 2.05) is 30.5 Å². The van der Waals surface area contributed by atoms with Gasteiger partial charge in [0.15, 0.2) is 6.29 Å². The first-order valence-corrected chi connectivity index (χ1v) is 7.83. The van der Waals surface area contributed by atoms with Crippen LogP contribution in [0.1, 0.15) is 23.6 Å². The minimum atomic E-state index is -0.228. The van der Waals surface area contributed by atoms with Crippen LogP contribution in [0.4, 0.5) is 4.39 Å². The Labute approximate surface area is 135 Å². The van der Waals surface area contributed by atoms with Crippen molar-refractivity contribution >= 4 is 0 Å². The van der Waals surface area contributed by atoms with E-state index in [4.69, 9.17) is 9.47 Å². The normalized spacial score (nSPS) is 16.8. The highest BCUT2D eigenvalue weighted by Crippen LogP contribution is 2.27. The van der Waals surface area contributed by atoms with Gasteiger partial charge in [-0.15, -0.1) is 0 Å². The molecule has 1 atom stereocenters. The van der Waals surface area contributed by atoms with E-state index >= 15 is 0 Å². The molecule has 3 rings (SSSR count). The predicted molar refractivity (Wildman–Crippen MR) is 85.4 cm³/mol. The zero-order chi connectivity index (χ0) is 16.1. The fourth-order valence-electron chi connectivity index (χ4n) is 2.90. The van der Waals surface area contributed by atoms with Crippen molar-refractivity contribution < 1.29 is 13.9 Å². The molecule has 4 nitrogen and oxygen atoms in total. The van der Waals surface area contributed by atoms with Gasteiger partial charge in [0.25, 0.3) is 0 Å². The molecule has 2 aromatic rings. The summed E-state index contributed by atoms with van der Waals surface area (Å²) in [5, 5.41) is 0. The van der Waals surface area contributed by atoms with Crippen molar-refractivity contribution in [3.8, 4) is 0 Å². The summed E-state index contributed by atoms with van der Waals surface area (Å²) in [6, 6.07) is 10.6. The van der Waals surface area contributed by atoms with Crippen LogP contribution in [0.15, 0.2) is 48.8 Å². The largest absolute Gasteiger partial charge is 0.350 e. The number of hydrogen-bond acceptors (Lipinski definition) is 4. The highest BCUT2D eigenvalue weighted by Gasteiger charge is 2.22. The first-order chi connectivity index (χ1) is 11.2. The molecule has 0 N–H and O–H groups in total. The summed E-state index contributed by atoms with van der Waals surface area (Å²) in [4.78, 5) is 6.44. The second-order valence-corrected chi connectivity index (χ2v) is 5.68. The maximum atomic E-state index is 13.2. The smallest absolute Gasteiger partial charge is 0.159 e.